The molecule has 8 heteroatoms. The number of carbonyl (C=O) groups is 2. The molecule has 0 radical (unpaired) electrons. The molecule has 1 atom stereocenters. The molecular formula is C25H21NO7. The molecule has 33 heavy (non-hydrogen) atoms. The Morgan fingerprint density at radius 3 is 2.73 bits per heavy atom. The van der Waals surface area contributed by atoms with Crippen LogP contribution < -0.4 is 14.2 Å². The van der Waals surface area contributed by atoms with Crippen molar-refractivity contribution in [3.63, 3.8) is 0 Å². The molecule has 0 spiro atoms. The van der Waals surface area contributed by atoms with E-state index in [1.54, 1.807) is 30.3 Å². The molecule has 0 aliphatic carbocycles. The number of hydrogen-bond acceptors (Lipinski definition) is 7. The fourth-order valence-corrected chi connectivity index (χ4v) is 4.08. The first-order valence-electron chi connectivity index (χ1n) is 10.5. The van der Waals surface area contributed by atoms with Gasteiger partial charge in [0, 0.05) is 12.1 Å². The first-order valence-corrected chi connectivity index (χ1v) is 10.5. The van der Waals surface area contributed by atoms with Crippen LogP contribution in [0.25, 0.3) is 5.76 Å². The second-order valence-corrected chi connectivity index (χ2v) is 7.59. The van der Waals surface area contributed by atoms with E-state index in [4.69, 9.17) is 18.6 Å². The lowest BCUT2D eigenvalue weighted by atomic mass is 9.99. The topological polar surface area (TPSA) is 98.4 Å². The van der Waals surface area contributed by atoms with Crippen molar-refractivity contribution in [2.24, 2.45) is 0 Å². The van der Waals surface area contributed by atoms with Crippen LogP contribution in [0.2, 0.25) is 0 Å². The van der Waals surface area contributed by atoms with E-state index in [-0.39, 0.29) is 24.7 Å². The van der Waals surface area contributed by atoms with Gasteiger partial charge in [-0.15, -0.1) is 0 Å². The minimum Gasteiger partial charge on any atom is -0.507 e. The van der Waals surface area contributed by atoms with Crippen molar-refractivity contribution < 1.29 is 33.3 Å². The van der Waals surface area contributed by atoms with Gasteiger partial charge in [-0.25, -0.2) is 0 Å². The number of rotatable bonds is 6. The van der Waals surface area contributed by atoms with Gasteiger partial charge in [0.05, 0.1) is 18.4 Å². The molecule has 2 aliphatic rings. The fourth-order valence-electron chi connectivity index (χ4n) is 4.08. The molecule has 8 nitrogen and oxygen atoms in total. The Labute approximate surface area is 189 Å². The second-order valence-electron chi connectivity index (χ2n) is 7.59. The van der Waals surface area contributed by atoms with Crippen molar-refractivity contribution in [2.75, 3.05) is 13.4 Å². The SMILES string of the molecule is CCOc1cccc(CN2C(=O)C(=O)/C(=C(\O)c3ccc4c(c3)OCO4)C2c2ccco2)c1. The third-order valence-electron chi connectivity index (χ3n) is 5.56. The predicted octanol–water partition coefficient (Wildman–Crippen LogP) is 4.03. The van der Waals surface area contributed by atoms with Crippen molar-refractivity contribution in [1.82, 2.24) is 4.90 Å². The predicted molar refractivity (Wildman–Crippen MR) is 117 cm³/mol. The molecule has 3 aromatic rings. The van der Waals surface area contributed by atoms with E-state index in [2.05, 4.69) is 0 Å². The number of Topliss-reactive ketones (excluding diaryl/α,β-unsaturated/α-hetero) is 1. The number of carbonyl (C=O) groups excluding carboxylic acids is 2. The monoisotopic (exact) mass is 447 g/mol. The molecule has 1 amide bonds. The number of amides is 1. The minimum atomic E-state index is -0.888. The average molecular weight is 447 g/mol. The fraction of sp³-hybridized carbons (Fsp3) is 0.200. The van der Waals surface area contributed by atoms with Gasteiger partial charge in [-0.1, -0.05) is 12.1 Å². The van der Waals surface area contributed by atoms with Gasteiger partial charge in [0.15, 0.2) is 11.5 Å². The highest BCUT2D eigenvalue weighted by atomic mass is 16.7. The zero-order valence-electron chi connectivity index (χ0n) is 17.8. The molecule has 1 saturated heterocycles. The van der Waals surface area contributed by atoms with Gasteiger partial charge in [0.1, 0.15) is 23.3 Å². The molecular weight excluding hydrogens is 426 g/mol. The molecule has 0 bridgehead atoms. The number of ketones is 1. The number of hydrogen-bond donors (Lipinski definition) is 1. The summed E-state index contributed by atoms with van der Waals surface area (Å²) >= 11 is 0. The van der Waals surface area contributed by atoms with Crippen LogP contribution in [0, 0.1) is 0 Å². The highest BCUT2D eigenvalue weighted by Crippen LogP contribution is 2.42. The zero-order chi connectivity index (χ0) is 22.9. The Morgan fingerprint density at radius 1 is 1.09 bits per heavy atom. The lowest BCUT2D eigenvalue weighted by Gasteiger charge is -2.23. The van der Waals surface area contributed by atoms with Crippen molar-refractivity contribution in [1.29, 1.82) is 0 Å². The summed E-state index contributed by atoms with van der Waals surface area (Å²) in [5, 5.41) is 11.1. The molecule has 3 heterocycles. The van der Waals surface area contributed by atoms with Gasteiger partial charge in [-0.2, -0.15) is 0 Å². The number of nitrogens with zero attached hydrogens (tertiary/aromatic N) is 1. The lowest BCUT2D eigenvalue weighted by molar-refractivity contribution is -0.140. The van der Waals surface area contributed by atoms with Crippen molar-refractivity contribution >= 4 is 17.4 Å². The largest absolute Gasteiger partial charge is 0.507 e. The normalized spacial score (nSPS) is 18.7. The summed E-state index contributed by atoms with van der Waals surface area (Å²) in [7, 11) is 0. The van der Waals surface area contributed by atoms with E-state index in [1.807, 2.05) is 31.2 Å². The van der Waals surface area contributed by atoms with Crippen LogP contribution in [0.3, 0.4) is 0 Å². The summed E-state index contributed by atoms with van der Waals surface area (Å²) in [6, 6.07) is 14.6. The smallest absolute Gasteiger partial charge is 0.296 e. The molecule has 1 N–H and O–H groups in total. The molecule has 5 rings (SSSR count). The maximum Gasteiger partial charge on any atom is 0.296 e. The molecule has 1 unspecified atom stereocenters. The Kier molecular flexibility index (Phi) is 5.26. The van der Waals surface area contributed by atoms with E-state index in [1.165, 1.54) is 11.2 Å². The van der Waals surface area contributed by atoms with Gasteiger partial charge >= 0.3 is 0 Å². The summed E-state index contributed by atoms with van der Waals surface area (Å²) in [5.41, 5.74) is 1.07. The highest BCUT2D eigenvalue weighted by molar-refractivity contribution is 6.46. The van der Waals surface area contributed by atoms with Crippen molar-refractivity contribution in [2.45, 2.75) is 19.5 Å². The number of fused-ring (bicyclic) bond motifs is 1. The van der Waals surface area contributed by atoms with E-state index >= 15 is 0 Å². The van der Waals surface area contributed by atoms with Gasteiger partial charge < -0.3 is 28.6 Å². The van der Waals surface area contributed by atoms with Gasteiger partial charge in [-0.3, -0.25) is 9.59 Å². The standard InChI is InChI=1S/C25H21NO7/c1-2-30-17-6-3-5-15(11-17)13-26-22(19-7-4-10-31-19)21(24(28)25(26)29)23(27)16-8-9-18-20(12-16)33-14-32-18/h3-12,22,27H,2,13-14H2,1H3/b23-21-. The summed E-state index contributed by atoms with van der Waals surface area (Å²) < 4.78 is 21.8. The van der Waals surface area contributed by atoms with Crippen LogP contribution in [0.15, 0.2) is 70.9 Å². The van der Waals surface area contributed by atoms with Crippen LogP contribution in [-0.2, 0) is 16.1 Å². The quantitative estimate of drug-likeness (QED) is 0.346. The molecule has 0 saturated carbocycles. The number of aliphatic hydroxyl groups excluding tert-OH is 1. The number of benzene rings is 2. The van der Waals surface area contributed by atoms with E-state index in [9.17, 15) is 14.7 Å². The number of ether oxygens (including phenoxy) is 3. The molecule has 168 valence electrons. The summed E-state index contributed by atoms with van der Waals surface area (Å²) in [5.74, 6) is 0.227. The Balaban J connectivity index is 1.57. The highest BCUT2D eigenvalue weighted by Gasteiger charge is 2.47. The third-order valence-corrected chi connectivity index (χ3v) is 5.56. The Morgan fingerprint density at radius 2 is 1.94 bits per heavy atom. The minimum absolute atomic E-state index is 0.0465. The summed E-state index contributed by atoms with van der Waals surface area (Å²) in [6.07, 6.45) is 1.46. The Hall–Kier alpha value is -4.20. The van der Waals surface area contributed by atoms with E-state index in [0.717, 1.165) is 5.56 Å². The van der Waals surface area contributed by atoms with Crippen LogP contribution in [0.1, 0.15) is 29.9 Å². The third kappa shape index (κ3) is 3.69. The number of furan rings is 1. The van der Waals surface area contributed by atoms with Gasteiger partial charge in [-0.05, 0) is 55.0 Å². The second kappa shape index (κ2) is 8.38. The van der Waals surface area contributed by atoms with Crippen molar-refractivity contribution in [3.05, 3.63) is 83.3 Å². The van der Waals surface area contributed by atoms with Crippen LogP contribution >= 0.6 is 0 Å². The van der Waals surface area contributed by atoms with Crippen LogP contribution in [0.5, 0.6) is 17.2 Å². The van der Waals surface area contributed by atoms with Crippen LogP contribution in [0.4, 0.5) is 0 Å². The maximum atomic E-state index is 13.1. The summed E-state index contributed by atoms with van der Waals surface area (Å²) in [4.78, 5) is 27.6. The molecule has 1 aromatic heterocycles. The average Bonchev–Trinajstić information content (AvgIpc) is 3.56. The van der Waals surface area contributed by atoms with Crippen LogP contribution in [-0.4, -0.2) is 35.1 Å². The number of likely N-dealkylation sites (tertiary alicyclic amines) is 1. The first-order chi connectivity index (χ1) is 16.1. The maximum absolute atomic E-state index is 13.1. The van der Waals surface area contributed by atoms with Crippen molar-refractivity contribution in [3.8, 4) is 17.2 Å². The van der Waals surface area contributed by atoms with Gasteiger partial charge in [0.2, 0.25) is 6.79 Å². The molecule has 1 fully saturated rings. The van der Waals surface area contributed by atoms with Gasteiger partial charge in [0.25, 0.3) is 11.7 Å². The van der Waals surface area contributed by atoms with E-state index < -0.39 is 17.7 Å². The first kappa shape index (κ1) is 20.7. The zero-order valence-corrected chi connectivity index (χ0v) is 17.8. The molecule has 2 aromatic carbocycles. The van der Waals surface area contributed by atoms with E-state index in [0.29, 0.717) is 35.2 Å². The Bertz CT molecular complexity index is 1250. The molecule has 2 aliphatic heterocycles. The lowest BCUT2D eigenvalue weighted by Crippen LogP contribution is -2.29. The number of aliphatic hydroxyl groups is 1. The summed E-state index contributed by atoms with van der Waals surface area (Å²) in [6.45, 7) is 2.61.